The van der Waals surface area contributed by atoms with Gasteiger partial charge in [-0.25, -0.2) is 24.2 Å². The monoisotopic (exact) mass is 805 g/mol. The molecule has 300 valence electrons. The molecule has 0 spiro atoms. The van der Waals surface area contributed by atoms with E-state index in [2.05, 4.69) is 35.6 Å². The predicted octanol–water partition coefficient (Wildman–Crippen LogP) is 8.14. The normalized spacial score (nSPS) is 11.4. The molecule has 14 heteroatoms. The smallest absolute Gasteiger partial charge is 0.343 e. The first-order chi connectivity index (χ1) is 28.2. The van der Waals surface area contributed by atoms with Gasteiger partial charge in [0.1, 0.15) is 23.9 Å². The van der Waals surface area contributed by atoms with Crippen LogP contribution in [0.15, 0.2) is 121 Å². The van der Waals surface area contributed by atoms with Crippen molar-refractivity contribution in [1.29, 1.82) is 0 Å². The standard InChI is InChI=1S/C44H43N3O10S/c1-4-11-30-14-19-35(20-15-30)56-43(51)32-18-23-38(33(26-32)27-45-47-44-46-37-12-7-8-13-39(37)58-44)57-42(50)31-16-21-34(22-17-31)54-29-36(55-41(49)6-3)28-52-24-9-10-25-53-40(48)5-2/h5-8,12-23,26-27,36H,2-4,9-11,24-25,28-29H2,1H3,(H,46,47). The molecule has 5 aromatic rings. The van der Waals surface area contributed by atoms with E-state index in [0.717, 1.165) is 40.8 Å². The predicted molar refractivity (Wildman–Crippen MR) is 221 cm³/mol. The highest BCUT2D eigenvalue weighted by atomic mass is 32.1. The molecule has 0 saturated heterocycles. The molecule has 13 nitrogen and oxygen atoms in total. The summed E-state index contributed by atoms with van der Waals surface area (Å²) in [7, 11) is 0. The summed E-state index contributed by atoms with van der Waals surface area (Å²) >= 11 is 1.42. The maximum atomic E-state index is 13.4. The van der Waals surface area contributed by atoms with Gasteiger partial charge in [-0.05, 0) is 91.6 Å². The van der Waals surface area contributed by atoms with E-state index in [0.29, 0.717) is 41.6 Å². The van der Waals surface area contributed by atoms with Crippen molar-refractivity contribution in [3.63, 3.8) is 0 Å². The van der Waals surface area contributed by atoms with Crippen molar-refractivity contribution in [2.75, 3.05) is 31.9 Å². The van der Waals surface area contributed by atoms with Gasteiger partial charge in [-0.1, -0.05) is 62.1 Å². The lowest BCUT2D eigenvalue weighted by atomic mass is 10.1. The molecule has 1 N–H and O–H groups in total. The lowest BCUT2D eigenvalue weighted by Gasteiger charge is -2.18. The van der Waals surface area contributed by atoms with Crippen molar-refractivity contribution in [2.24, 2.45) is 5.10 Å². The number of anilines is 1. The number of esters is 4. The van der Waals surface area contributed by atoms with Gasteiger partial charge < -0.3 is 28.4 Å². The van der Waals surface area contributed by atoms with Crippen LogP contribution in [0.4, 0.5) is 5.13 Å². The van der Waals surface area contributed by atoms with E-state index in [1.54, 1.807) is 24.3 Å². The van der Waals surface area contributed by atoms with Crippen LogP contribution in [0.2, 0.25) is 0 Å². The second-order valence-electron chi connectivity index (χ2n) is 12.5. The van der Waals surface area contributed by atoms with Crippen molar-refractivity contribution in [3.05, 3.63) is 139 Å². The van der Waals surface area contributed by atoms with Gasteiger partial charge in [-0.3, -0.25) is 5.43 Å². The van der Waals surface area contributed by atoms with E-state index in [1.807, 2.05) is 36.4 Å². The minimum absolute atomic E-state index is 0.0347. The van der Waals surface area contributed by atoms with E-state index < -0.39 is 30.0 Å². The molecule has 0 saturated carbocycles. The van der Waals surface area contributed by atoms with E-state index in [-0.39, 0.29) is 36.7 Å². The Kier molecular flexibility index (Phi) is 16.3. The summed E-state index contributed by atoms with van der Waals surface area (Å²) in [5, 5.41) is 4.88. The highest BCUT2D eigenvalue weighted by Crippen LogP contribution is 2.26. The van der Waals surface area contributed by atoms with Gasteiger partial charge in [0.2, 0.25) is 5.13 Å². The molecular weight excluding hydrogens is 763 g/mol. The average Bonchev–Trinajstić information content (AvgIpc) is 3.66. The van der Waals surface area contributed by atoms with Crippen molar-refractivity contribution in [3.8, 4) is 17.2 Å². The number of ether oxygens (including phenoxy) is 6. The number of nitrogens with one attached hydrogen (secondary N) is 1. The number of benzene rings is 4. The van der Waals surface area contributed by atoms with E-state index in [1.165, 1.54) is 47.9 Å². The summed E-state index contributed by atoms with van der Waals surface area (Å²) < 4.78 is 34.2. The summed E-state index contributed by atoms with van der Waals surface area (Å²) in [6.07, 6.45) is 5.97. The number of carbonyl (C=O) groups excluding carboxylic acids is 4. The summed E-state index contributed by atoms with van der Waals surface area (Å²) in [5.41, 5.74) is 5.64. The van der Waals surface area contributed by atoms with Crippen LogP contribution in [-0.4, -0.2) is 67.6 Å². The topological polar surface area (TPSA) is 161 Å². The van der Waals surface area contributed by atoms with Crippen LogP contribution in [0.25, 0.3) is 10.2 Å². The minimum atomic E-state index is -0.746. The molecule has 5 rings (SSSR count). The molecule has 1 aromatic heterocycles. The van der Waals surface area contributed by atoms with Crippen molar-refractivity contribution in [2.45, 2.75) is 38.7 Å². The molecule has 4 aromatic carbocycles. The van der Waals surface area contributed by atoms with Gasteiger partial charge in [-0.15, -0.1) is 0 Å². The molecule has 0 bridgehead atoms. The Morgan fingerprint density at radius 3 is 2.26 bits per heavy atom. The fourth-order valence-electron chi connectivity index (χ4n) is 5.24. The number of carbonyl (C=O) groups is 4. The number of thiazole rings is 1. The molecular formula is C44H43N3O10S. The zero-order valence-corrected chi connectivity index (χ0v) is 32.7. The Labute approximate surface area is 339 Å². The molecule has 58 heavy (non-hydrogen) atoms. The summed E-state index contributed by atoms with van der Waals surface area (Å²) in [6, 6.07) is 25.8. The number of para-hydroxylation sites is 1. The number of rotatable bonds is 22. The third-order valence-electron chi connectivity index (χ3n) is 8.15. The van der Waals surface area contributed by atoms with Crippen LogP contribution >= 0.6 is 11.3 Å². The maximum Gasteiger partial charge on any atom is 0.343 e. The van der Waals surface area contributed by atoms with Gasteiger partial charge in [-0.2, -0.15) is 5.10 Å². The van der Waals surface area contributed by atoms with E-state index in [4.69, 9.17) is 28.4 Å². The second kappa shape index (κ2) is 22.2. The fourth-order valence-corrected chi connectivity index (χ4v) is 6.06. The Hall–Kier alpha value is -6.64. The van der Waals surface area contributed by atoms with Gasteiger partial charge in [0, 0.05) is 24.3 Å². The molecule has 1 unspecified atom stereocenters. The van der Waals surface area contributed by atoms with Gasteiger partial charge in [0.25, 0.3) is 0 Å². The number of aryl methyl sites for hydroxylation is 1. The van der Waals surface area contributed by atoms with Crippen LogP contribution in [0.5, 0.6) is 17.2 Å². The van der Waals surface area contributed by atoms with Gasteiger partial charge in [0.15, 0.2) is 6.10 Å². The number of hydrogen-bond donors (Lipinski definition) is 1. The molecule has 1 atom stereocenters. The zero-order valence-electron chi connectivity index (χ0n) is 31.9. The Bertz CT molecular complexity index is 2180. The molecule has 0 aliphatic rings. The van der Waals surface area contributed by atoms with Gasteiger partial charge >= 0.3 is 23.9 Å². The van der Waals surface area contributed by atoms with Crippen molar-refractivity contribution in [1.82, 2.24) is 4.98 Å². The Morgan fingerprint density at radius 1 is 0.810 bits per heavy atom. The van der Waals surface area contributed by atoms with Crippen molar-refractivity contribution >= 4 is 56.8 Å². The molecule has 0 aliphatic carbocycles. The summed E-state index contributed by atoms with van der Waals surface area (Å²) in [6.45, 7) is 9.49. The lowest BCUT2D eigenvalue weighted by Crippen LogP contribution is -2.29. The number of hydrazone groups is 1. The largest absolute Gasteiger partial charge is 0.490 e. The third-order valence-corrected chi connectivity index (χ3v) is 9.09. The Morgan fingerprint density at radius 2 is 1.52 bits per heavy atom. The van der Waals surface area contributed by atoms with Gasteiger partial charge in [0.05, 0.1) is 40.8 Å². The average molecular weight is 806 g/mol. The van der Waals surface area contributed by atoms with E-state index in [9.17, 15) is 19.2 Å². The quantitative estimate of drug-likeness (QED) is 0.0179. The number of aromatic nitrogens is 1. The summed E-state index contributed by atoms with van der Waals surface area (Å²) in [4.78, 5) is 54.1. The number of fused-ring (bicyclic) bond motifs is 1. The first kappa shape index (κ1) is 42.5. The van der Waals surface area contributed by atoms with Crippen LogP contribution in [0.1, 0.15) is 58.0 Å². The molecule has 1 heterocycles. The molecule has 0 radical (unpaired) electrons. The number of unbranched alkanes of at least 4 members (excludes halogenated alkanes) is 1. The SMILES string of the molecule is C=CC(=O)OCCCCOCC(COc1ccc(C(=O)Oc2ccc(C(=O)Oc3ccc(CCC)cc3)cc2C=NNc2nc3ccccc3s2)cc1)OC(=O)C=C. The molecule has 0 aliphatic heterocycles. The van der Waals surface area contributed by atoms with Crippen LogP contribution in [0.3, 0.4) is 0 Å². The minimum Gasteiger partial charge on any atom is -0.490 e. The molecule has 0 fully saturated rings. The number of hydrogen-bond acceptors (Lipinski definition) is 14. The Balaban J connectivity index is 1.22. The van der Waals surface area contributed by atoms with Crippen molar-refractivity contribution < 1.29 is 47.6 Å². The lowest BCUT2D eigenvalue weighted by molar-refractivity contribution is -0.148. The van der Waals surface area contributed by atoms with Crippen LogP contribution in [0, 0.1) is 0 Å². The fraction of sp³-hybridized carbons (Fsp3) is 0.227. The first-order valence-corrected chi connectivity index (χ1v) is 19.3. The zero-order chi connectivity index (χ0) is 41.1. The van der Waals surface area contributed by atoms with Crippen LogP contribution < -0.4 is 19.6 Å². The second-order valence-corrected chi connectivity index (χ2v) is 13.6. The first-order valence-electron chi connectivity index (χ1n) is 18.5. The third kappa shape index (κ3) is 13.2. The van der Waals surface area contributed by atoms with Crippen LogP contribution in [-0.2, 0) is 30.2 Å². The van der Waals surface area contributed by atoms with E-state index >= 15 is 0 Å². The maximum absolute atomic E-state index is 13.4. The highest BCUT2D eigenvalue weighted by molar-refractivity contribution is 7.22. The summed E-state index contributed by atoms with van der Waals surface area (Å²) in [5.74, 6) is -1.44. The highest BCUT2D eigenvalue weighted by Gasteiger charge is 2.18. The molecule has 0 amide bonds. The number of nitrogens with zero attached hydrogens (tertiary/aromatic N) is 2.